The summed E-state index contributed by atoms with van der Waals surface area (Å²) in [6, 6.07) is 6.65. The van der Waals surface area contributed by atoms with Crippen molar-refractivity contribution in [1.82, 2.24) is 0 Å². The monoisotopic (exact) mass is 250 g/mol. The number of para-hydroxylation sites is 1. The minimum atomic E-state index is -0.751. The third-order valence-corrected chi connectivity index (χ3v) is 2.99. The molecule has 1 heterocycles. The molecule has 0 amide bonds. The van der Waals surface area contributed by atoms with Crippen molar-refractivity contribution in [3.63, 3.8) is 0 Å². The third-order valence-electron chi connectivity index (χ3n) is 2.99. The van der Waals surface area contributed by atoms with Crippen LogP contribution in [0.1, 0.15) is 18.6 Å². The number of hydrogen-bond acceptors (Lipinski definition) is 4. The molecule has 2 atom stereocenters. The highest BCUT2D eigenvalue weighted by Crippen LogP contribution is 2.30. The second kappa shape index (κ2) is 5.34. The molecule has 0 aliphatic carbocycles. The first-order valence-electron chi connectivity index (χ1n) is 5.86. The molecular formula is C13H15FN2O2. The number of benzene rings is 1. The number of anilines is 1. The van der Waals surface area contributed by atoms with Gasteiger partial charge in [0.25, 0.3) is 0 Å². The first-order chi connectivity index (χ1) is 8.63. The quantitative estimate of drug-likeness (QED) is 0.866. The fraction of sp³-hybridized carbons (Fsp3) is 0.462. The lowest BCUT2D eigenvalue weighted by Gasteiger charge is -2.33. The maximum Gasteiger partial charge on any atom is 0.161 e. The van der Waals surface area contributed by atoms with Gasteiger partial charge in [0.05, 0.1) is 31.0 Å². The van der Waals surface area contributed by atoms with Crippen molar-refractivity contribution >= 4 is 5.69 Å². The van der Waals surface area contributed by atoms with Crippen molar-refractivity contribution in [1.29, 1.82) is 5.26 Å². The van der Waals surface area contributed by atoms with E-state index in [2.05, 4.69) is 0 Å². The number of nitriles is 1. The van der Waals surface area contributed by atoms with Gasteiger partial charge in [0.1, 0.15) is 5.82 Å². The minimum Gasteiger partial charge on any atom is -0.389 e. The van der Waals surface area contributed by atoms with Crippen molar-refractivity contribution in [3.05, 3.63) is 29.6 Å². The van der Waals surface area contributed by atoms with E-state index in [-0.39, 0.29) is 5.82 Å². The van der Waals surface area contributed by atoms with Gasteiger partial charge < -0.3 is 14.7 Å². The molecule has 18 heavy (non-hydrogen) atoms. The van der Waals surface area contributed by atoms with Crippen LogP contribution < -0.4 is 4.90 Å². The van der Waals surface area contributed by atoms with Crippen molar-refractivity contribution < 1.29 is 14.2 Å². The predicted molar refractivity (Wildman–Crippen MR) is 64.6 cm³/mol. The number of rotatable bonds is 2. The molecule has 5 heteroatoms. The molecule has 96 valence electrons. The van der Waals surface area contributed by atoms with E-state index >= 15 is 0 Å². The summed E-state index contributed by atoms with van der Waals surface area (Å²) in [6.45, 7) is 2.81. The molecule has 1 aromatic carbocycles. The number of ether oxygens (including phenoxy) is 1. The van der Waals surface area contributed by atoms with Gasteiger partial charge in [-0.15, -0.1) is 0 Å². The SMILES string of the molecule is C[C@H](O)c1cccc(F)c1N1CCOC(C#N)C1. The number of hydrogen-bond donors (Lipinski definition) is 1. The van der Waals surface area contributed by atoms with Gasteiger partial charge >= 0.3 is 0 Å². The minimum absolute atomic E-state index is 0.317. The van der Waals surface area contributed by atoms with E-state index < -0.39 is 12.2 Å². The summed E-state index contributed by atoms with van der Waals surface area (Å²) < 4.78 is 19.2. The largest absolute Gasteiger partial charge is 0.389 e. The third kappa shape index (κ3) is 2.45. The van der Waals surface area contributed by atoms with E-state index in [1.54, 1.807) is 24.0 Å². The maximum absolute atomic E-state index is 13.9. The van der Waals surface area contributed by atoms with E-state index in [1.807, 2.05) is 6.07 Å². The average molecular weight is 250 g/mol. The second-order valence-electron chi connectivity index (χ2n) is 4.29. The van der Waals surface area contributed by atoms with Gasteiger partial charge in [0.2, 0.25) is 0 Å². The number of aliphatic hydroxyl groups excluding tert-OH is 1. The normalized spacial score (nSPS) is 21.4. The first-order valence-corrected chi connectivity index (χ1v) is 5.86. The van der Waals surface area contributed by atoms with Crippen LogP contribution in [0, 0.1) is 17.1 Å². The highest BCUT2D eigenvalue weighted by Gasteiger charge is 2.25. The van der Waals surface area contributed by atoms with Crippen LogP contribution >= 0.6 is 0 Å². The molecule has 1 saturated heterocycles. The zero-order valence-electron chi connectivity index (χ0n) is 10.1. The molecule has 0 saturated carbocycles. The summed E-state index contributed by atoms with van der Waals surface area (Å²) in [5.74, 6) is -0.382. The van der Waals surface area contributed by atoms with E-state index in [0.29, 0.717) is 30.9 Å². The molecule has 1 N–H and O–H groups in total. The fourth-order valence-electron chi connectivity index (χ4n) is 2.13. The van der Waals surface area contributed by atoms with E-state index in [0.717, 1.165) is 0 Å². The van der Waals surface area contributed by atoms with Crippen molar-refractivity contribution in [2.75, 3.05) is 24.6 Å². The average Bonchev–Trinajstić information content (AvgIpc) is 2.38. The zero-order chi connectivity index (χ0) is 13.1. The predicted octanol–water partition coefficient (Wildman–Crippen LogP) is 1.61. The molecule has 1 aromatic rings. The smallest absolute Gasteiger partial charge is 0.161 e. The van der Waals surface area contributed by atoms with Crippen LogP contribution in [0.4, 0.5) is 10.1 Å². The summed E-state index contributed by atoms with van der Waals surface area (Å²) in [7, 11) is 0. The van der Waals surface area contributed by atoms with Gasteiger partial charge in [0.15, 0.2) is 6.10 Å². The second-order valence-corrected chi connectivity index (χ2v) is 4.29. The Bertz CT molecular complexity index is 471. The number of aliphatic hydroxyl groups is 1. The highest BCUT2D eigenvalue weighted by molar-refractivity contribution is 5.56. The van der Waals surface area contributed by atoms with Crippen molar-refractivity contribution in [3.8, 4) is 6.07 Å². The van der Waals surface area contributed by atoms with Gasteiger partial charge in [-0.05, 0) is 13.0 Å². The van der Waals surface area contributed by atoms with Gasteiger partial charge in [-0.1, -0.05) is 12.1 Å². The van der Waals surface area contributed by atoms with E-state index in [4.69, 9.17) is 10.00 Å². The Morgan fingerprint density at radius 2 is 2.39 bits per heavy atom. The number of nitrogens with zero attached hydrogens (tertiary/aromatic N) is 2. The molecule has 1 aliphatic rings. The lowest BCUT2D eigenvalue weighted by atomic mass is 10.1. The summed E-state index contributed by atoms with van der Waals surface area (Å²) in [5.41, 5.74) is 0.907. The fourth-order valence-corrected chi connectivity index (χ4v) is 2.13. The number of morpholine rings is 1. The summed E-state index contributed by atoms with van der Waals surface area (Å²) >= 11 is 0. The Hall–Kier alpha value is -1.64. The molecule has 2 rings (SSSR count). The standard InChI is InChI=1S/C13H15FN2O2/c1-9(17)11-3-2-4-12(14)13(11)16-5-6-18-10(7-15)8-16/h2-4,9-10,17H,5-6,8H2,1H3/t9-,10?/m0/s1. The van der Waals surface area contributed by atoms with Gasteiger partial charge in [-0.25, -0.2) is 4.39 Å². The Morgan fingerprint density at radius 3 is 3.06 bits per heavy atom. The molecule has 0 bridgehead atoms. The lowest BCUT2D eigenvalue weighted by molar-refractivity contribution is 0.0758. The molecule has 4 nitrogen and oxygen atoms in total. The molecule has 1 unspecified atom stereocenters. The highest BCUT2D eigenvalue weighted by atomic mass is 19.1. The van der Waals surface area contributed by atoms with Crippen LogP contribution in [-0.4, -0.2) is 30.9 Å². The summed E-state index contributed by atoms with van der Waals surface area (Å²) in [4.78, 5) is 1.76. The van der Waals surface area contributed by atoms with Crippen LogP contribution in [-0.2, 0) is 4.74 Å². The Balaban J connectivity index is 2.35. The lowest BCUT2D eigenvalue weighted by Crippen LogP contribution is -2.42. The molecule has 0 aromatic heterocycles. The van der Waals surface area contributed by atoms with Crippen LogP contribution in [0.2, 0.25) is 0 Å². The summed E-state index contributed by atoms with van der Waals surface area (Å²) in [6.07, 6.45) is -1.31. The van der Waals surface area contributed by atoms with Crippen molar-refractivity contribution in [2.45, 2.75) is 19.1 Å². The topological polar surface area (TPSA) is 56.5 Å². The number of halogens is 1. The molecule has 1 fully saturated rings. The zero-order valence-corrected chi connectivity index (χ0v) is 10.1. The molecular weight excluding hydrogens is 235 g/mol. The van der Waals surface area contributed by atoms with Gasteiger partial charge in [-0.2, -0.15) is 5.26 Å². The van der Waals surface area contributed by atoms with Crippen molar-refractivity contribution in [2.24, 2.45) is 0 Å². The van der Waals surface area contributed by atoms with Crippen LogP contribution in [0.15, 0.2) is 18.2 Å². The Labute approximate surface area is 105 Å². The first kappa shape index (κ1) is 12.8. The molecule has 0 spiro atoms. The Morgan fingerprint density at radius 1 is 1.61 bits per heavy atom. The van der Waals surface area contributed by atoms with Crippen LogP contribution in [0.3, 0.4) is 0 Å². The Kier molecular flexibility index (Phi) is 3.80. The van der Waals surface area contributed by atoms with E-state index in [9.17, 15) is 9.50 Å². The van der Waals surface area contributed by atoms with Crippen LogP contribution in [0.5, 0.6) is 0 Å². The maximum atomic E-state index is 13.9. The van der Waals surface area contributed by atoms with Gasteiger partial charge in [-0.3, -0.25) is 0 Å². The molecule has 1 aliphatic heterocycles. The van der Waals surface area contributed by atoms with E-state index in [1.165, 1.54) is 6.07 Å². The van der Waals surface area contributed by atoms with Crippen LogP contribution in [0.25, 0.3) is 0 Å². The van der Waals surface area contributed by atoms with Gasteiger partial charge in [0, 0.05) is 12.1 Å². The summed E-state index contributed by atoms with van der Waals surface area (Å²) in [5, 5.41) is 18.6. The molecule has 0 radical (unpaired) electrons.